The summed E-state index contributed by atoms with van der Waals surface area (Å²) in [4.78, 5) is 24.3. The number of nitrogens with two attached hydrogens (primary N) is 1. The number of ether oxygens (including phenoxy) is 1. The summed E-state index contributed by atoms with van der Waals surface area (Å²) < 4.78 is 6.24. The first-order valence-electron chi connectivity index (χ1n) is 7.78. The molecule has 10 nitrogen and oxygen atoms in total. The SMILES string of the molecule is COC(=O)c1cn(C2CCCN(c3cc(N)ccc3[N+](=O)[O-])C2)nn1. The van der Waals surface area contributed by atoms with E-state index in [1.54, 1.807) is 10.7 Å². The van der Waals surface area contributed by atoms with Gasteiger partial charge < -0.3 is 15.4 Å². The predicted molar refractivity (Wildman–Crippen MR) is 89.4 cm³/mol. The molecule has 1 unspecified atom stereocenters. The number of esters is 1. The van der Waals surface area contributed by atoms with Crippen molar-refractivity contribution in [2.24, 2.45) is 0 Å². The summed E-state index contributed by atoms with van der Waals surface area (Å²) >= 11 is 0. The highest BCUT2D eigenvalue weighted by Gasteiger charge is 2.27. The van der Waals surface area contributed by atoms with E-state index in [1.165, 1.54) is 25.4 Å². The number of carbonyl (C=O) groups is 1. The van der Waals surface area contributed by atoms with E-state index < -0.39 is 10.9 Å². The molecule has 0 aliphatic carbocycles. The van der Waals surface area contributed by atoms with Crippen molar-refractivity contribution in [1.29, 1.82) is 0 Å². The minimum atomic E-state index is -0.551. The Kier molecular flexibility index (Phi) is 4.50. The molecular formula is C15H18N6O4. The molecule has 3 rings (SSSR count). The van der Waals surface area contributed by atoms with Gasteiger partial charge in [0.1, 0.15) is 5.69 Å². The van der Waals surface area contributed by atoms with Crippen LogP contribution in [0.4, 0.5) is 17.1 Å². The number of anilines is 2. The molecule has 1 aromatic carbocycles. The van der Waals surface area contributed by atoms with Crippen LogP contribution in [0.1, 0.15) is 29.4 Å². The zero-order chi connectivity index (χ0) is 18.0. The molecule has 0 amide bonds. The lowest BCUT2D eigenvalue weighted by atomic mass is 10.0. The zero-order valence-corrected chi connectivity index (χ0v) is 13.7. The third kappa shape index (κ3) is 3.37. The Morgan fingerprint density at radius 1 is 1.48 bits per heavy atom. The monoisotopic (exact) mass is 346 g/mol. The highest BCUT2D eigenvalue weighted by Crippen LogP contribution is 2.34. The minimum Gasteiger partial charge on any atom is -0.464 e. The van der Waals surface area contributed by atoms with Crippen molar-refractivity contribution >= 4 is 23.0 Å². The van der Waals surface area contributed by atoms with Gasteiger partial charge in [-0.15, -0.1) is 5.10 Å². The highest BCUT2D eigenvalue weighted by molar-refractivity contribution is 5.86. The molecule has 0 spiro atoms. The van der Waals surface area contributed by atoms with E-state index in [4.69, 9.17) is 5.73 Å². The average molecular weight is 346 g/mol. The van der Waals surface area contributed by atoms with Crippen LogP contribution >= 0.6 is 0 Å². The minimum absolute atomic E-state index is 0.0173. The lowest BCUT2D eigenvalue weighted by Gasteiger charge is -2.33. The molecule has 1 saturated heterocycles. The van der Waals surface area contributed by atoms with Crippen molar-refractivity contribution < 1.29 is 14.5 Å². The molecule has 25 heavy (non-hydrogen) atoms. The second-order valence-electron chi connectivity index (χ2n) is 5.82. The number of nitro groups is 1. The molecule has 10 heteroatoms. The Bertz CT molecular complexity index is 805. The first kappa shape index (κ1) is 16.7. The van der Waals surface area contributed by atoms with E-state index in [1.807, 2.05) is 4.90 Å². The van der Waals surface area contributed by atoms with Gasteiger partial charge in [0, 0.05) is 24.8 Å². The molecule has 132 valence electrons. The molecule has 2 heterocycles. The van der Waals surface area contributed by atoms with Crippen molar-refractivity contribution in [1.82, 2.24) is 15.0 Å². The summed E-state index contributed by atoms with van der Waals surface area (Å²) in [5.41, 5.74) is 6.91. The first-order chi connectivity index (χ1) is 12.0. The van der Waals surface area contributed by atoms with E-state index in [-0.39, 0.29) is 17.4 Å². The quantitative estimate of drug-likeness (QED) is 0.380. The van der Waals surface area contributed by atoms with Gasteiger partial charge in [-0.05, 0) is 25.0 Å². The Balaban J connectivity index is 1.84. The molecule has 1 fully saturated rings. The van der Waals surface area contributed by atoms with Gasteiger partial charge in [0.15, 0.2) is 5.69 Å². The van der Waals surface area contributed by atoms with E-state index >= 15 is 0 Å². The average Bonchev–Trinajstić information content (AvgIpc) is 3.11. The van der Waals surface area contributed by atoms with Crippen LogP contribution in [0.15, 0.2) is 24.4 Å². The number of nitrogens with zero attached hydrogens (tertiary/aromatic N) is 5. The summed E-state index contributed by atoms with van der Waals surface area (Å²) in [7, 11) is 1.28. The van der Waals surface area contributed by atoms with Crippen molar-refractivity contribution in [2.75, 3.05) is 30.8 Å². The Morgan fingerprint density at radius 2 is 2.28 bits per heavy atom. The number of nitrogen functional groups attached to an aromatic ring is 1. The Morgan fingerprint density at radius 3 is 3.00 bits per heavy atom. The van der Waals surface area contributed by atoms with Crippen molar-refractivity contribution in [3.8, 4) is 0 Å². The van der Waals surface area contributed by atoms with Crippen LogP contribution < -0.4 is 10.6 Å². The summed E-state index contributed by atoms with van der Waals surface area (Å²) in [5.74, 6) is -0.551. The number of benzene rings is 1. The molecule has 1 aliphatic heterocycles. The van der Waals surface area contributed by atoms with Crippen LogP contribution in [-0.4, -0.2) is 46.1 Å². The molecule has 1 atom stereocenters. The molecule has 2 N–H and O–H groups in total. The molecule has 1 aliphatic rings. The van der Waals surface area contributed by atoms with Crippen LogP contribution in [0.5, 0.6) is 0 Å². The predicted octanol–water partition coefficient (Wildman–Crippen LogP) is 1.40. The van der Waals surface area contributed by atoms with Gasteiger partial charge in [0.05, 0.1) is 24.3 Å². The molecular weight excluding hydrogens is 328 g/mol. The van der Waals surface area contributed by atoms with E-state index in [2.05, 4.69) is 15.0 Å². The summed E-state index contributed by atoms with van der Waals surface area (Å²) in [5, 5.41) is 19.1. The van der Waals surface area contributed by atoms with Gasteiger partial charge >= 0.3 is 5.97 Å². The number of carbonyl (C=O) groups excluding carboxylic acids is 1. The van der Waals surface area contributed by atoms with Gasteiger partial charge in [0.2, 0.25) is 0 Å². The topological polar surface area (TPSA) is 129 Å². The zero-order valence-electron chi connectivity index (χ0n) is 13.7. The van der Waals surface area contributed by atoms with E-state index in [9.17, 15) is 14.9 Å². The smallest absolute Gasteiger partial charge is 0.360 e. The molecule has 2 aromatic rings. The Hall–Kier alpha value is -3.17. The lowest BCUT2D eigenvalue weighted by molar-refractivity contribution is -0.384. The second-order valence-corrected chi connectivity index (χ2v) is 5.82. The van der Waals surface area contributed by atoms with E-state index in [0.29, 0.717) is 24.5 Å². The van der Waals surface area contributed by atoms with E-state index in [0.717, 1.165) is 12.8 Å². The van der Waals surface area contributed by atoms with Crippen LogP contribution in [-0.2, 0) is 4.74 Å². The van der Waals surface area contributed by atoms with Crippen molar-refractivity contribution in [3.05, 3.63) is 40.2 Å². The maximum absolute atomic E-state index is 11.5. The number of nitro benzene ring substituents is 1. The van der Waals surface area contributed by atoms with Gasteiger partial charge in [-0.1, -0.05) is 5.21 Å². The molecule has 0 bridgehead atoms. The number of piperidine rings is 1. The van der Waals surface area contributed by atoms with Crippen LogP contribution in [0.3, 0.4) is 0 Å². The third-order valence-electron chi connectivity index (χ3n) is 4.21. The third-order valence-corrected chi connectivity index (χ3v) is 4.21. The lowest BCUT2D eigenvalue weighted by Crippen LogP contribution is -2.37. The van der Waals surface area contributed by atoms with Gasteiger partial charge in [-0.3, -0.25) is 10.1 Å². The van der Waals surface area contributed by atoms with Gasteiger partial charge in [-0.2, -0.15) is 0 Å². The fourth-order valence-corrected chi connectivity index (χ4v) is 2.99. The maximum Gasteiger partial charge on any atom is 0.360 e. The van der Waals surface area contributed by atoms with Crippen LogP contribution in [0, 0.1) is 10.1 Å². The van der Waals surface area contributed by atoms with Gasteiger partial charge in [0.25, 0.3) is 5.69 Å². The van der Waals surface area contributed by atoms with Gasteiger partial charge in [-0.25, -0.2) is 9.48 Å². The largest absolute Gasteiger partial charge is 0.464 e. The molecule has 0 saturated carbocycles. The van der Waals surface area contributed by atoms with Crippen molar-refractivity contribution in [3.63, 3.8) is 0 Å². The van der Waals surface area contributed by atoms with Crippen LogP contribution in [0.2, 0.25) is 0 Å². The number of hydrogen-bond acceptors (Lipinski definition) is 8. The summed E-state index contributed by atoms with van der Waals surface area (Å²) in [6, 6.07) is 4.49. The van der Waals surface area contributed by atoms with Crippen LogP contribution in [0.25, 0.3) is 0 Å². The number of hydrogen-bond donors (Lipinski definition) is 1. The number of rotatable bonds is 4. The molecule has 1 aromatic heterocycles. The number of methoxy groups -OCH3 is 1. The fraction of sp³-hybridized carbons (Fsp3) is 0.400. The molecule has 0 radical (unpaired) electrons. The maximum atomic E-state index is 11.5. The normalized spacial score (nSPS) is 17.3. The summed E-state index contributed by atoms with van der Waals surface area (Å²) in [6.45, 7) is 1.19. The standard InChI is InChI=1S/C15H18N6O4/c1-25-15(22)12-9-20(18-17-12)11-3-2-6-19(8-11)14-7-10(16)4-5-13(14)21(23)24/h4-5,7,9,11H,2-3,6,8,16H2,1H3. The second kappa shape index (κ2) is 6.75. The van der Waals surface area contributed by atoms with Crippen molar-refractivity contribution in [2.45, 2.75) is 18.9 Å². The Labute approximate surface area is 143 Å². The summed E-state index contributed by atoms with van der Waals surface area (Å²) in [6.07, 6.45) is 3.19. The number of aromatic nitrogens is 3. The first-order valence-corrected chi connectivity index (χ1v) is 7.78. The fourth-order valence-electron chi connectivity index (χ4n) is 2.99. The highest BCUT2D eigenvalue weighted by atomic mass is 16.6.